The number of pyridine rings is 1. The monoisotopic (exact) mass is 292 g/mol. The summed E-state index contributed by atoms with van der Waals surface area (Å²) in [6, 6.07) is 3.77. The van der Waals surface area contributed by atoms with E-state index in [1.807, 2.05) is 39.8 Å². The number of ether oxygens (including phenoxy) is 1. The van der Waals surface area contributed by atoms with Gasteiger partial charge in [-0.2, -0.15) is 0 Å². The van der Waals surface area contributed by atoms with Gasteiger partial charge in [-0.05, 0) is 39.8 Å². The van der Waals surface area contributed by atoms with Crippen LogP contribution in [0.1, 0.15) is 26.5 Å². The van der Waals surface area contributed by atoms with Gasteiger partial charge in [-0.1, -0.05) is 0 Å². The average Bonchev–Trinajstić information content (AvgIpc) is 2.40. The van der Waals surface area contributed by atoms with E-state index < -0.39 is 5.60 Å². The average molecular weight is 292 g/mol. The minimum atomic E-state index is -0.462. The molecule has 1 amide bonds. The fourth-order valence-electron chi connectivity index (χ4n) is 2.23. The van der Waals surface area contributed by atoms with Gasteiger partial charge in [0.2, 0.25) is 0 Å². The molecule has 21 heavy (non-hydrogen) atoms. The quantitative estimate of drug-likeness (QED) is 0.857. The summed E-state index contributed by atoms with van der Waals surface area (Å²) in [6.07, 6.45) is -0.257. The Bertz CT molecular complexity index is 517. The third-order valence-electron chi connectivity index (χ3n) is 3.28. The standard InChI is InChI=1S/C15H24N4O2/c1-11-5-6-12(16)13(17-11)18-7-9-19(10-8-18)14(20)21-15(2,3)4/h5-6H,7-10,16H2,1-4H3. The zero-order valence-electron chi connectivity index (χ0n) is 13.2. The molecule has 6 nitrogen and oxygen atoms in total. The highest BCUT2D eigenvalue weighted by molar-refractivity contribution is 5.69. The lowest BCUT2D eigenvalue weighted by Crippen LogP contribution is -2.50. The molecule has 6 heteroatoms. The summed E-state index contributed by atoms with van der Waals surface area (Å²) in [5, 5.41) is 0. The van der Waals surface area contributed by atoms with Crippen LogP contribution in [0.3, 0.4) is 0 Å². The predicted molar refractivity (Wildman–Crippen MR) is 83.4 cm³/mol. The molecule has 0 atom stereocenters. The molecular weight excluding hydrogens is 268 g/mol. The van der Waals surface area contributed by atoms with Crippen LogP contribution in [0.2, 0.25) is 0 Å². The fraction of sp³-hybridized carbons (Fsp3) is 0.600. The molecule has 116 valence electrons. The van der Waals surface area contributed by atoms with Crippen molar-refractivity contribution in [2.24, 2.45) is 0 Å². The van der Waals surface area contributed by atoms with Crippen molar-refractivity contribution in [1.29, 1.82) is 0 Å². The Labute approximate surface area is 125 Å². The zero-order valence-corrected chi connectivity index (χ0v) is 13.2. The van der Waals surface area contributed by atoms with E-state index in [9.17, 15) is 4.79 Å². The van der Waals surface area contributed by atoms with Gasteiger partial charge in [-0.3, -0.25) is 0 Å². The van der Waals surface area contributed by atoms with Gasteiger partial charge in [0, 0.05) is 31.9 Å². The molecule has 1 fully saturated rings. The second-order valence-electron chi connectivity index (χ2n) is 6.32. The van der Waals surface area contributed by atoms with Gasteiger partial charge in [0.15, 0.2) is 5.82 Å². The second kappa shape index (κ2) is 5.79. The Morgan fingerprint density at radius 2 is 1.86 bits per heavy atom. The Balaban J connectivity index is 1.97. The van der Waals surface area contributed by atoms with E-state index in [0.717, 1.165) is 11.5 Å². The number of aryl methyl sites for hydroxylation is 1. The van der Waals surface area contributed by atoms with Gasteiger partial charge < -0.3 is 20.3 Å². The number of nitrogens with zero attached hydrogens (tertiary/aromatic N) is 3. The summed E-state index contributed by atoms with van der Waals surface area (Å²) in [7, 11) is 0. The molecule has 1 aromatic heterocycles. The summed E-state index contributed by atoms with van der Waals surface area (Å²) in [5.41, 5.74) is 7.14. The highest BCUT2D eigenvalue weighted by Crippen LogP contribution is 2.22. The van der Waals surface area contributed by atoms with Crippen molar-refractivity contribution in [1.82, 2.24) is 9.88 Å². The van der Waals surface area contributed by atoms with Crippen LogP contribution in [-0.2, 0) is 4.74 Å². The Morgan fingerprint density at radius 3 is 2.43 bits per heavy atom. The lowest BCUT2D eigenvalue weighted by Gasteiger charge is -2.36. The number of carbonyl (C=O) groups is 1. The van der Waals surface area contributed by atoms with Crippen LogP contribution in [0.25, 0.3) is 0 Å². The van der Waals surface area contributed by atoms with E-state index in [1.54, 1.807) is 4.90 Å². The third kappa shape index (κ3) is 4.00. The molecular formula is C15H24N4O2. The molecule has 1 aliphatic heterocycles. The fourth-order valence-corrected chi connectivity index (χ4v) is 2.23. The maximum absolute atomic E-state index is 12.0. The van der Waals surface area contributed by atoms with Crippen molar-refractivity contribution in [3.05, 3.63) is 17.8 Å². The van der Waals surface area contributed by atoms with E-state index in [1.165, 1.54) is 0 Å². The van der Waals surface area contributed by atoms with Crippen LogP contribution >= 0.6 is 0 Å². The second-order valence-corrected chi connectivity index (χ2v) is 6.32. The Hall–Kier alpha value is -1.98. The van der Waals surface area contributed by atoms with Gasteiger partial charge in [-0.25, -0.2) is 9.78 Å². The molecule has 0 unspecified atom stereocenters. The number of piperazine rings is 1. The van der Waals surface area contributed by atoms with Gasteiger partial charge >= 0.3 is 6.09 Å². The van der Waals surface area contributed by atoms with Gasteiger partial charge in [0.25, 0.3) is 0 Å². The molecule has 2 rings (SSSR count). The predicted octanol–water partition coefficient (Wildman–Crippen LogP) is 2.03. The number of amides is 1. The first-order chi connectivity index (χ1) is 9.76. The van der Waals surface area contributed by atoms with E-state index in [-0.39, 0.29) is 6.09 Å². The van der Waals surface area contributed by atoms with Crippen molar-refractivity contribution in [3.8, 4) is 0 Å². The van der Waals surface area contributed by atoms with Crippen LogP contribution in [0.15, 0.2) is 12.1 Å². The lowest BCUT2D eigenvalue weighted by molar-refractivity contribution is 0.0240. The van der Waals surface area contributed by atoms with Crippen LogP contribution < -0.4 is 10.6 Å². The number of rotatable bonds is 1. The SMILES string of the molecule is Cc1ccc(N)c(N2CCN(C(=O)OC(C)(C)C)CC2)n1. The highest BCUT2D eigenvalue weighted by Gasteiger charge is 2.26. The van der Waals surface area contributed by atoms with Gasteiger partial charge in [0.1, 0.15) is 5.60 Å². The molecule has 0 aliphatic carbocycles. The summed E-state index contributed by atoms with van der Waals surface area (Å²) in [6.45, 7) is 10.2. The molecule has 2 heterocycles. The van der Waals surface area contributed by atoms with Gasteiger partial charge in [0.05, 0.1) is 5.69 Å². The van der Waals surface area contributed by atoms with Crippen LogP contribution in [0, 0.1) is 6.92 Å². The number of nitrogen functional groups attached to an aromatic ring is 1. The normalized spacial score (nSPS) is 16.0. The lowest BCUT2D eigenvalue weighted by atomic mass is 10.2. The number of hydrogen-bond donors (Lipinski definition) is 1. The largest absolute Gasteiger partial charge is 0.444 e. The number of nitrogens with two attached hydrogens (primary N) is 1. The minimum absolute atomic E-state index is 0.257. The summed E-state index contributed by atoms with van der Waals surface area (Å²) >= 11 is 0. The topological polar surface area (TPSA) is 71.7 Å². The summed E-state index contributed by atoms with van der Waals surface area (Å²) in [5.74, 6) is 0.804. The van der Waals surface area contributed by atoms with Crippen LogP contribution in [0.5, 0.6) is 0 Å². The molecule has 0 aromatic carbocycles. The van der Waals surface area contributed by atoms with Crippen molar-refractivity contribution in [2.75, 3.05) is 36.8 Å². The first-order valence-electron chi connectivity index (χ1n) is 7.22. The van der Waals surface area contributed by atoms with E-state index in [0.29, 0.717) is 31.9 Å². The number of aromatic nitrogens is 1. The molecule has 1 aromatic rings. The molecule has 1 aliphatic rings. The van der Waals surface area contributed by atoms with Crippen LogP contribution in [-0.4, -0.2) is 47.8 Å². The number of anilines is 2. The molecule has 0 radical (unpaired) electrons. The first-order valence-corrected chi connectivity index (χ1v) is 7.22. The summed E-state index contributed by atoms with van der Waals surface area (Å²) in [4.78, 5) is 20.4. The van der Waals surface area contributed by atoms with Crippen molar-refractivity contribution in [2.45, 2.75) is 33.3 Å². The molecule has 0 saturated carbocycles. The van der Waals surface area contributed by atoms with E-state index >= 15 is 0 Å². The maximum atomic E-state index is 12.0. The third-order valence-corrected chi connectivity index (χ3v) is 3.28. The zero-order chi connectivity index (χ0) is 15.6. The number of hydrogen-bond acceptors (Lipinski definition) is 5. The molecule has 1 saturated heterocycles. The summed E-state index contributed by atoms with van der Waals surface area (Å²) < 4.78 is 5.39. The van der Waals surface area contributed by atoms with Crippen molar-refractivity contribution >= 4 is 17.6 Å². The highest BCUT2D eigenvalue weighted by atomic mass is 16.6. The molecule has 0 bridgehead atoms. The molecule has 0 spiro atoms. The smallest absolute Gasteiger partial charge is 0.410 e. The Kier molecular flexibility index (Phi) is 4.25. The Morgan fingerprint density at radius 1 is 1.24 bits per heavy atom. The molecule has 2 N–H and O–H groups in total. The van der Waals surface area contributed by atoms with E-state index in [2.05, 4.69) is 9.88 Å². The van der Waals surface area contributed by atoms with Crippen molar-refractivity contribution < 1.29 is 9.53 Å². The van der Waals surface area contributed by atoms with Gasteiger partial charge in [-0.15, -0.1) is 0 Å². The van der Waals surface area contributed by atoms with Crippen LogP contribution in [0.4, 0.5) is 16.3 Å². The minimum Gasteiger partial charge on any atom is -0.444 e. The van der Waals surface area contributed by atoms with Crippen molar-refractivity contribution in [3.63, 3.8) is 0 Å². The van der Waals surface area contributed by atoms with E-state index in [4.69, 9.17) is 10.5 Å². The maximum Gasteiger partial charge on any atom is 0.410 e. The first kappa shape index (κ1) is 15.4. The number of carbonyl (C=O) groups excluding carboxylic acids is 1.